The highest BCUT2D eigenvalue weighted by Crippen LogP contribution is 2.51. The number of allylic oxidation sites excluding steroid dienone is 2. The van der Waals surface area contributed by atoms with Gasteiger partial charge in [0.25, 0.3) is 5.91 Å². The van der Waals surface area contributed by atoms with E-state index in [1.165, 1.54) is 6.07 Å². The molecule has 1 fully saturated rings. The minimum Gasteiger partial charge on any atom is -0.511 e. The maximum atomic E-state index is 13.3. The molecular formula is C21H22N2O6. The van der Waals surface area contributed by atoms with Gasteiger partial charge in [-0.25, -0.2) is 0 Å². The Hall–Kier alpha value is -3.29. The number of anilines is 1. The van der Waals surface area contributed by atoms with Crippen molar-refractivity contribution in [1.82, 2.24) is 0 Å². The number of fused-ring (bicyclic) bond motifs is 3. The van der Waals surface area contributed by atoms with Crippen LogP contribution in [0.4, 0.5) is 5.69 Å². The highest BCUT2D eigenvalue weighted by atomic mass is 16.3. The third-order valence-corrected chi connectivity index (χ3v) is 6.23. The lowest BCUT2D eigenvalue weighted by Gasteiger charge is -2.41. The number of hydrogen-bond donors (Lipinski definition) is 4. The van der Waals surface area contributed by atoms with Gasteiger partial charge in [-0.1, -0.05) is 0 Å². The number of phenols is 1. The number of aliphatic hydroxyl groups is 2. The number of ketones is 2. The molecule has 0 aromatic heterocycles. The van der Waals surface area contributed by atoms with E-state index < -0.39 is 40.6 Å². The Morgan fingerprint density at radius 2 is 1.83 bits per heavy atom. The molecule has 0 bridgehead atoms. The Morgan fingerprint density at radius 1 is 1.14 bits per heavy atom. The topological polar surface area (TPSA) is 141 Å². The molecule has 0 saturated heterocycles. The Morgan fingerprint density at radius 3 is 2.45 bits per heavy atom. The molecule has 152 valence electrons. The lowest BCUT2D eigenvalue weighted by atomic mass is 9.61. The molecule has 0 heterocycles. The number of nitrogens with zero attached hydrogens (tertiary/aromatic N) is 1. The van der Waals surface area contributed by atoms with Gasteiger partial charge < -0.3 is 26.0 Å². The van der Waals surface area contributed by atoms with Gasteiger partial charge in [-0.05, 0) is 42.4 Å². The summed E-state index contributed by atoms with van der Waals surface area (Å²) in [5.41, 5.74) is 6.55. The fraction of sp³-hybridized carbons (Fsp3) is 0.381. The molecule has 5 N–H and O–H groups in total. The van der Waals surface area contributed by atoms with E-state index in [-0.39, 0.29) is 35.0 Å². The van der Waals surface area contributed by atoms with Gasteiger partial charge in [0, 0.05) is 31.8 Å². The number of amides is 1. The smallest absolute Gasteiger partial charge is 0.255 e. The predicted octanol–water partition coefficient (Wildman–Crippen LogP) is 1.38. The van der Waals surface area contributed by atoms with E-state index in [9.17, 15) is 29.7 Å². The maximum Gasteiger partial charge on any atom is 0.255 e. The van der Waals surface area contributed by atoms with Crippen molar-refractivity contribution in [2.24, 2.45) is 23.5 Å². The van der Waals surface area contributed by atoms with Gasteiger partial charge in [0.2, 0.25) is 0 Å². The minimum absolute atomic E-state index is 0.0588. The van der Waals surface area contributed by atoms with E-state index in [1.807, 2.05) is 19.0 Å². The summed E-state index contributed by atoms with van der Waals surface area (Å²) < 4.78 is 0. The molecule has 8 heteroatoms. The number of nitrogens with two attached hydrogens (primary N) is 1. The minimum atomic E-state index is -1.09. The van der Waals surface area contributed by atoms with Crippen LogP contribution in [-0.4, -0.2) is 46.9 Å². The van der Waals surface area contributed by atoms with Crippen LogP contribution in [0.1, 0.15) is 24.0 Å². The zero-order valence-corrected chi connectivity index (χ0v) is 16.1. The van der Waals surface area contributed by atoms with Crippen molar-refractivity contribution in [3.8, 4) is 5.75 Å². The number of benzene rings is 1. The molecule has 3 aliphatic rings. The van der Waals surface area contributed by atoms with Gasteiger partial charge in [-0.3, -0.25) is 14.4 Å². The van der Waals surface area contributed by atoms with Gasteiger partial charge in [0.1, 0.15) is 22.8 Å². The average Bonchev–Trinajstić information content (AvgIpc) is 2.60. The summed E-state index contributed by atoms with van der Waals surface area (Å²) in [6.45, 7) is 0. The van der Waals surface area contributed by atoms with Crippen LogP contribution in [0, 0.1) is 17.8 Å². The quantitative estimate of drug-likeness (QED) is 0.551. The summed E-state index contributed by atoms with van der Waals surface area (Å²) in [5, 5.41) is 31.8. The molecule has 3 aliphatic carbocycles. The lowest BCUT2D eigenvalue weighted by molar-refractivity contribution is -0.127. The third kappa shape index (κ3) is 2.62. The molecule has 4 rings (SSSR count). The van der Waals surface area contributed by atoms with Crippen LogP contribution in [-0.2, 0) is 20.8 Å². The molecular weight excluding hydrogens is 376 g/mol. The second-order valence-electron chi connectivity index (χ2n) is 8.10. The van der Waals surface area contributed by atoms with Crippen LogP contribution in [0.5, 0.6) is 5.75 Å². The van der Waals surface area contributed by atoms with Crippen molar-refractivity contribution in [3.05, 3.63) is 40.2 Å². The van der Waals surface area contributed by atoms with E-state index in [1.54, 1.807) is 6.07 Å². The van der Waals surface area contributed by atoms with Crippen molar-refractivity contribution in [3.63, 3.8) is 0 Å². The fourth-order valence-electron chi connectivity index (χ4n) is 5.04. The van der Waals surface area contributed by atoms with Crippen molar-refractivity contribution < 1.29 is 29.7 Å². The van der Waals surface area contributed by atoms with Gasteiger partial charge in [0.05, 0.1) is 11.5 Å². The number of carbonyl (C=O) groups is 3. The van der Waals surface area contributed by atoms with E-state index in [4.69, 9.17) is 5.73 Å². The SMILES string of the molecule is CN(C)c1ccc(O)c2c1CC1CC3CC(=O)C(C(N)=O)=C(O)C3C(=O)C1=C2O. The molecule has 0 aliphatic heterocycles. The number of primary amides is 1. The Balaban J connectivity index is 1.89. The number of phenolic OH excluding ortho intramolecular Hbond substituents is 1. The monoisotopic (exact) mass is 398 g/mol. The number of aromatic hydroxyl groups is 1. The Bertz CT molecular complexity index is 1040. The van der Waals surface area contributed by atoms with Crippen LogP contribution >= 0.6 is 0 Å². The van der Waals surface area contributed by atoms with Gasteiger partial charge in [0.15, 0.2) is 11.6 Å². The van der Waals surface area contributed by atoms with E-state index >= 15 is 0 Å². The number of Topliss-reactive ketones (excluding diaryl/α,β-unsaturated/α-hetero) is 2. The number of carbonyl (C=O) groups excluding carboxylic acids is 3. The third-order valence-electron chi connectivity index (χ3n) is 6.23. The van der Waals surface area contributed by atoms with Gasteiger partial charge in [-0.2, -0.15) is 0 Å². The van der Waals surface area contributed by atoms with Crippen LogP contribution in [0.15, 0.2) is 29.0 Å². The molecule has 0 spiro atoms. The van der Waals surface area contributed by atoms with Crippen molar-refractivity contribution in [2.75, 3.05) is 19.0 Å². The highest BCUT2D eigenvalue weighted by Gasteiger charge is 2.50. The van der Waals surface area contributed by atoms with Crippen LogP contribution in [0.3, 0.4) is 0 Å². The summed E-state index contributed by atoms with van der Waals surface area (Å²) in [5.74, 6) is -5.15. The van der Waals surface area contributed by atoms with Crippen LogP contribution < -0.4 is 10.6 Å². The summed E-state index contributed by atoms with van der Waals surface area (Å²) in [7, 11) is 3.69. The summed E-state index contributed by atoms with van der Waals surface area (Å²) in [4.78, 5) is 39.0. The Labute approximate surface area is 166 Å². The van der Waals surface area contributed by atoms with Crippen LogP contribution in [0.2, 0.25) is 0 Å². The zero-order chi connectivity index (χ0) is 21.2. The van der Waals surface area contributed by atoms with E-state index in [2.05, 4.69) is 0 Å². The number of hydrogen-bond acceptors (Lipinski definition) is 7. The van der Waals surface area contributed by atoms with E-state index in [0.717, 1.165) is 11.3 Å². The van der Waals surface area contributed by atoms with Gasteiger partial charge in [-0.15, -0.1) is 0 Å². The normalized spacial score (nSPS) is 26.1. The summed E-state index contributed by atoms with van der Waals surface area (Å²) in [6, 6.07) is 3.21. The predicted molar refractivity (Wildman–Crippen MR) is 104 cm³/mol. The van der Waals surface area contributed by atoms with E-state index in [0.29, 0.717) is 12.8 Å². The first-order valence-electron chi connectivity index (χ1n) is 9.39. The van der Waals surface area contributed by atoms with Crippen molar-refractivity contribution >= 4 is 28.9 Å². The highest BCUT2D eigenvalue weighted by molar-refractivity contribution is 6.21. The molecule has 1 aromatic rings. The largest absolute Gasteiger partial charge is 0.511 e. The molecule has 3 unspecified atom stereocenters. The molecule has 1 aromatic carbocycles. The number of aliphatic hydroxyl groups excluding tert-OH is 2. The van der Waals surface area contributed by atoms with Gasteiger partial charge >= 0.3 is 0 Å². The first kappa shape index (κ1) is 19.0. The first-order valence-corrected chi connectivity index (χ1v) is 9.39. The standard InChI is InChI=1S/C21H22N2O6/c1-23(2)11-3-4-12(24)16-10(11)6-8-5-9-7-13(25)17(21(22)29)20(28)15(9)18(26)14(8)19(16)27/h3-4,8-9,15,24,27-28H,5-7H2,1-2H3,(H2,22,29). The Kier molecular flexibility index (Phi) is 4.18. The lowest BCUT2D eigenvalue weighted by Crippen LogP contribution is -2.44. The van der Waals surface area contributed by atoms with Crippen LogP contribution in [0.25, 0.3) is 5.76 Å². The maximum absolute atomic E-state index is 13.3. The molecule has 3 atom stereocenters. The van der Waals surface area contributed by atoms with Crippen molar-refractivity contribution in [1.29, 1.82) is 0 Å². The molecule has 8 nitrogen and oxygen atoms in total. The molecule has 1 amide bonds. The number of rotatable bonds is 2. The molecule has 29 heavy (non-hydrogen) atoms. The first-order chi connectivity index (χ1) is 13.6. The fourth-order valence-corrected chi connectivity index (χ4v) is 5.04. The molecule has 1 saturated carbocycles. The average molecular weight is 398 g/mol. The second kappa shape index (κ2) is 6.37. The second-order valence-corrected chi connectivity index (χ2v) is 8.10. The molecule has 0 radical (unpaired) electrons. The summed E-state index contributed by atoms with van der Waals surface area (Å²) in [6.07, 6.45) is 0.739. The summed E-state index contributed by atoms with van der Waals surface area (Å²) >= 11 is 0. The zero-order valence-electron chi connectivity index (χ0n) is 16.1. The van der Waals surface area contributed by atoms with Crippen molar-refractivity contribution in [2.45, 2.75) is 19.3 Å².